The van der Waals surface area contributed by atoms with Gasteiger partial charge in [-0.2, -0.15) is 17.5 Å². The van der Waals surface area contributed by atoms with Crippen molar-refractivity contribution in [2.75, 3.05) is 26.7 Å². The van der Waals surface area contributed by atoms with E-state index in [-0.39, 0.29) is 55.9 Å². The molecule has 0 amide bonds. The Morgan fingerprint density at radius 2 is 1.93 bits per heavy atom. The Kier molecular flexibility index (Phi) is 9.47. The van der Waals surface area contributed by atoms with E-state index in [1.54, 1.807) is 7.05 Å². The van der Waals surface area contributed by atoms with Gasteiger partial charge in [0.25, 0.3) is 0 Å². The molecule has 1 aromatic rings. The highest BCUT2D eigenvalue weighted by atomic mass is 127. The monoisotopic (exact) mass is 534 g/mol. The smallest absolute Gasteiger partial charge is 0.356 e. The average Bonchev–Trinajstić information content (AvgIpc) is 2.60. The van der Waals surface area contributed by atoms with E-state index in [1.807, 2.05) is 25.1 Å². The highest BCUT2D eigenvalue weighted by Crippen LogP contribution is 2.28. The summed E-state index contributed by atoms with van der Waals surface area (Å²) in [4.78, 5) is 4.12. The number of rotatable bonds is 5. The Morgan fingerprint density at radius 3 is 2.46 bits per heavy atom. The lowest BCUT2D eigenvalue weighted by atomic mass is 10.1. The number of halogens is 4. The fourth-order valence-corrected chi connectivity index (χ4v) is 3.95. The fourth-order valence-electron chi connectivity index (χ4n) is 2.97. The molecular weight excluding hydrogens is 508 g/mol. The lowest BCUT2D eigenvalue weighted by molar-refractivity contribution is -0.0494. The number of hydrogen-bond donors (Lipinski definition) is 2. The highest BCUT2D eigenvalue weighted by Gasteiger charge is 2.50. The molecule has 1 aromatic carbocycles. The molecule has 2 rings (SSSR count). The number of nitrogens with zero attached hydrogens (tertiary/aromatic N) is 2. The zero-order chi connectivity index (χ0) is 20.1. The van der Waals surface area contributed by atoms with Gasteiger partial charge in [-0.15, -0.1) is 24.0 Å². The maximum absolute atomic E-state index is 12.6. The molecule has 0 spiro atoms. The van der Waals surface area contributed by atoms with E-state index in [0.29, 0.717) is 16.8 Å². The summed E-state index contributed by atoms with van der Waals surface area (Å²) in [6.07, 6.45) is 1.38. The van der Waals surface area contributed by atoms with Crippen molar-refractivity contribution in [2.24, 2.45) is 4.99 Å². The molecule has 160 valence electrons. The van der Waals surface area contributed by atoms with Gasteiger partial charge >= 0.3 is 15.5 Å². The van der Waals surface area contributed by atoms with E-state index in [4.69, 9.17) is 0 Å². The fraction of sp³-hybridized carbons (Fsp3) is 0.588. The lowest BCUT2D eigenvalue weighted by Crippen LogP contribution is -2.51. The minimum absolute atomic E-state index is 0. The van der Waals surface area contributed by atoms with E-state index >= 15 is 0 Å². The van der Waals surface area contributed by atoms with Gasteiger partial charge in [-0.25, -0.2) is 8.42 Å². The molecule has 1 heterocycles. The molecule has 28 heavy (non-hydrogen) atoms. The summed E-state index contributed by atoms with van der Waals surface area (Å²) in [5.41, 5.74) is -2.86. The molecule has 11 heteroatoms. The maximum Gasteiger partial charge on any atom is 0.511 e. The minimum atomic E-state index is -5.25. The molecule has 1 aliphatic rings. The predicted octanol–water partition coefficient (Wildman–Crippen LogP) is 2.63. The van der Waals surface area contributed by atoms with Gasteiger partial charge in [0.1, 0.15) is 0 Å². The number of hydrogen-bond acceptors (Lipinski definition) is 3. The Labute approximate surface area is 181 Å². The van der Waals surface area contributed by atoms with Crippen LogP contribution < -0.4 is 10.6 Å². The second-order valence-electron chi connectivity index (χ2n) is 6.51. The number of piperidine rings is 1. The Morgan fingerprint density at radius 1 is 1.29 bits per heavy atom. The third-order valence-corrected chi connectivity index (χ3v) is 6.07. The first-order valence-corrected chi connectivity index (χ1v) is 10.2. The maximum atomic E-state index is 12.6. The molecule has 0 aromatic heterocycles. The van der Waals surface area contributed by atoms with Gasteiger partial charge in [0.05, 0.1) is 0 Å². The SMILES string of the molecule is CN=C(NCCc1cccc(C)c1)NC1CCN(S(=O)(=O)C(F)(F)F)CC1.I. The molecule has 0 bridgehead atoms. The minimum Gasteiger partial charge on any atom is -0.356 e. The van der Waals surface area contributed by atoms with E-state index < -0.39 is 15.5 Å². The van der Waals surface area contributed by atoms with Crippen LogP contribution in [0, 0.1) is 6.92 Å². The largest absolute Gasteiger partial charge is 0.511 e. The Bertz CT molecular complexity index is 764. The summed E-state index contributed by atoms with van der Waals surface area (Å²) >= 11 is 0. The van der Waals surface area contributed by atoms with E-state index in [9.17, 15) is 21.6 Å². The normalized spacial score (nSPS) is 17.1. The van der Waals surface area contributed by atoms with E-state index in [2.05, 4.69) is 21.7 Å². The molecule has 0 unspecified atom stereocenters. The number of benzene rings is 1. The van der Waals surface area contributed by atoms with Crippen molar-refractivity contribution in [3.05, 3.63) is 35.4 Å². The quantitative estimate of drug-likeness (QED) is 0.346. The van der Waals surface area contributed by atoms with Crippen LogP contribution >= 0.6 is 24.0 Å². The van der Waals surface area contributed by atoms with Crippen LogP contribution in [-0.4, -0.2) is 56.9 Å². The number of guanidine groups is 1. The van der Waals surface area contributed by atoms with Crippen molar-refractivity contribution in [3.8, 4) is 0 Å². The Balaban J connectivity index is 0.00000392. The van der Waals surface area contributed by atoms with Crippen LogP contribution in [0.15, 0.2) is 29.3 Å². The summed E-state index contributed by atoms with van der Waals surface area (Å²) in [6.45, 7) is 2.35. The van der Waals surface area contributed by atoms with Crippen molar-refractivity contribution in [2.45, 2.75) is 37.7 Å². The molecule has 1 aliphatic heterocycles. The number of nitrogens with one attached hydrogen (secondary N) is 2. The summed E-state index contributed by atoms with van der Waals surface area (Å²) in [6, 6.07) is 8.05. The molecule has 0 radical (unpaired) electrons. The van der Waals surface area contributed by atoms with Crippen molar-refractivity contribution < 1.29 is 21.6 Å². The summed E-state index contributed by atoms with van der Waals surface area (Å²) in [7, 11) is -3.63. The molecule has 1 saturated heterocycles. The van der Waals surface area contributed by atoms with Crippen molar-refractivity contribution in [1.82, 2.24) is 14.9 Å². The third-order valence-electron chi connectivity index (χ3n) is 4.44. The van der Waals surface area contributed by atoms with Crippen LogP contribution in [-0.2, 0) is 16.4 Å². The van der Waals surface area contributed by atoms with Crippen molar-refractivity contribution >= 4 is 40.0 Å². The Hall–Kier alpha value is -1.08. The first kappa shape index (κ1) is 25.0. The first-order chi connectivity index (χ1) is 12.6. The third kappa shape index (κ3) is 6.76. The van der Waals surface area contributed by atoms with Crippen molar-refractivity contribution in [3.63, 3.8) is 0 Å². The molecule has 1 fully saturated rings. The molecule has 0 aliphatic carbocycles. The molecule has 0 atom stereocenters. The number of alkyl halides is 3. The van der Waals surface area contributed by atoms with Crippen LogP contribution in [0.5, 0.6) is 0 Å². The van der Waals surface area contributed by atoms with Crippen LogP contribution in [0.3, 0.4) is 0 Å². The molecule has 2 N–H and O–H groups in total. The molecule has 0 saturated carbocycles. The topological polar surface area (TPSA) is 73.8 Å². The van der Waals surface area contributed by atoms with Crippen LogP contribution in [0.4, 0.5) is 13.2 Å². The van der Waals surface area contributed by atoms with Gasteiger partial charge in [-0.3, -0.25) is 4.99 Å². The second kappa shape index (κ2) is 10.6. The zero-order valence-electron chi connectivity index (χ0n) is 15.8. The standard InChI is InChI=1S/C17H25F3N4O2S.HI/c1-13-4-3-5-14(12-13)6-9-22-16(21-2)23-15-7-10-24(11-8-15)27(25,26)17(18,19)20;/h3-5,12,15H,6-11H2,1-2H3,(H2,21,22,23);1H. The van der Waals surface area contributed by atoms with Crippen LogP contribution in [0.25, 0.3) is 0 Å². The van der Waals surface area contributed by atoms with Gasteiger partial charge in [0, 0.05) is 32.7 Å². The van der Waals surface area contributed by atoms with Crippen molar-refractivity contribution in [1.29, 1.82) is 0 Å². The zero-order valence-corrected chi connectivity index (χ0v) is 18.9. The van der Waals surface area contributed by atoms with Crippen LogP contribution in [0.1, 0.15) is 24.0 Å². The van der Waals surface area contributed by atoms with E-state index in [1.165, 1.54) is 11.1 Å². The highest BCUT2D eigenvalue weighted by molar-refractivity contribution is 14.0. The second-order valence-corrected chi connectivity index (χ2v) is 8.44. The molecular formula is C17H26F3IN4O2S. The van der Waals surface area contributed by atoms with Crippen LogP contribution in [0.2, 0.25) is 0 Å². The van der Waals surface area contributed by atoms with Gasteiger partial charge in [0.2, 0.25) is 0 Å². The van der Waals surface area contributed by atoms with Gasteiger partial charge in [0.15, 0.2) is 5.96 Å². The first-order valence-electron chi connectivity index (χ1n) is 8.72. The van der Waals surface area contributed by atoms with Gasteiger partial charge in [-0.1, -0.05) is 29.8 Å². The summed E-state index contributed by atoms with van der Waals surface area (Å²) in [5.74, 6) is 0.555. The molecule has 6 nitrogen and oxygen atoms in total. The summed E-state index contributed by atoms with van der Waals surface area (Å²) < 4.78 is 61.2. The lowest BCUT2D eigenvalue weighted by Gasteiger charge is -2.32. The van der Waals surface area contributed by atoms with Gasteiger partial charge in [-0.05, 0) is 31.7 Å². The number of aryl methyl sites for hydroxylation is 1. The summed E-state index contributed by atoms with van der Waals surface area (Å²) in [5, 5.41) is 6.33. The number of sulfonamides is 1. The van der Waals surface area contributed by atoms with E-state index in [0.717, 1.165) is 6.42 Å². The average molecular weight is 534 g/mol. The number of aliphatic imine (C=N–C) groups is 1. The van der Waals surface area contributed by atoms with Gasteiger partial charge < -0.3 is 10.6 Å². The predicted molar refractivity (Wildman–Crippen MR) is 114 cm³/mol.